The van der Waals surface area contributed by atoms with Crippen molar-refractivity contribution in [2.45, 2.75) is 51.0 Å². The molecule has 6 aliphatic rings. The molecule has 4 saturated carbocycles. The van der Waals surface area contributed by atoms with Gasteiger partial charge in [-0.2, -0.15) is 4.98 Å². The first-order valence-corrected chi connectivity index (χ1v) is 11.2. The Balaban J connectivity index is 0.000000124. The largest absolute Gasteiger partial charge is 0.481 e. The fourth-order valence-electron chi connectivity index (χ4n) is 5.77. The van der Waals surface area contributed by atoms with Crippen LogP contribution in [0.3, 0.4) is 0 Å². The highest BCUT2D eigenvalue weighted by Crippen LogP contribution is 2.53. The van der Waals surface area contributed by atoms with Crippen LogP contribution in [0.1, 0.15) is 44.9 Å². The Morgan fingerprint density at radius 1 is 1.03 bits per heavy atom. The molecule has 32 heavy (non-hydrogen) atoms. The zero-order valence-corrected chi connectivity index (χ0v) is 18.0. The molecule has 0 radical (unpaired) electrons. The van der Waals surface area contributed by atoms with Crippen LogP contribution in [0, 0.1) is 23.7 Å². The molecule has 0 amide bonds. The molecule has 7 rings (SSSR count). The van der Waals surface area contributed by atoms with E-state index >= 15 is 0 Å². The molecular weight excluding hydrogens is 418 g/mol. The minimum absolute atomic E-state index is 0.0255. The Morgan fingerprint density at radius 3 is 1.97 bits per heavy atom. The fourth-order valence-corrected chi connectivity index (χ4v) is 5.77. The highest BCUT2D eigenvalue weighted by atomic mass is 16.6. The van der Waals surface area contributed by atoms with Gasteiger partial charge in [0.15, 0.2) is 5.82 Å². The lowest BCUT2D eigenvalue weighted by molar-refractivity contribution is -0.137. The van der Waals surface area contributed by atoms with E-state index < -0.39 is 17.5 Å². The number of nitrogen functional groups attached to an aromatic ring is 1. The number of nitrogens with one attached hydrogen (secondary N) is 2. The number of nitrogens with two attached hydrogens (primary N) is 1. The summed E-state index contributed by atoms with van der Waals surface area (Å²) < 4.78 is 4.64. The van der Waals surface area contributed by atoms with E-state index in [1.807, 2.05) is 0 Å². The fraction of sp³-hybridized carbons (Fsp3) is 0.714. The number of carboxylic acid groups (broad SMARTS) is 2. The van der Waals surface area contributed by atoms with Gasteiger partial charge < -0.3 is 30.9 Å². The van der Waals surface area contributed by atoms with Gasteiger partial charge in [0.25, 0.3) is 5.56 Å². The van der Waals surface area contributed by atoms with Crippen LogP contribution in [0.2, 0.25) is 0 Å². The first-order chi connectivity index (χ1) is 15.3. The van der Waals surface area contributed by atoms with Crippen molar-refractivity contribution in [3.8, 4) is 0 Å². The van der Waals surface area contributed by atoms with Gasteiger partial charge in [-0.25, -0.2) is 0 Å². The van der Waals surface area contributed by atoms with Gasteiger partial charge in [-0.3, -0.25) is 19.4 Å². The molecule has 0 spiro atoms. The van der Waals surface area contributed by atoms with Crippen LogP contribution >= 0.6 is 0 Å². The first kappa shape index (κ1) is 22.4. The number of H-pyrrole nitrogens is 1. The summed E-state index contributed by atoms with van der Waals surface area (Å²) in [6.07, 6.45) is 9.82. The normalized spacial score (nSPS) is 30.2. The topological polar surface area (TPSA) is 174 Å². The van der Waals surface area contributed by atoms with E-state index in [1.54, 1.807) is 38.5 Å². The second kappa shape index (κ2) is 9.35. The SMILES string of the molecule is C1C2CC3CC1CC(C2)C3.Nc1nc2c(c(=O)[nH]1)NCN2CC(=O)O.O=C(O)CC1CO1. The van der Waals surface area contributed by atoms with Crippen molar-refractivity contribution in [2.24, 2.45) is 23.7 Å². The highest BCUT2D eigenvalue weighted by Gasteiger charge is 2.41. The number of rotatable bonds is 4. The summed E-state index contributed by atoms with van der Waals surface area (Å²) in [4.78, 5) is 39.3. The molecule has 1 unspecified atom stereocenters. The third-order valence-corrected chi connectivity index (χ3v) is 6.80. The zero-order valence-electron chi connectivity index (χ0n) is 18.0. The smallest absolute Gasteiger partial charge is 0.323 e. The molecule has 6 N–H and O–H groups in total. The molecule has 4 bridgehead atoms. The van der Waals surface area contributed by atoms with E-state index in [0.717, 1.165) is 0 Å². The number of fused-ring (bicyclic) bond motifs is 1. The van der Waals surface area contributed by atoms with Crippen LogP contribution in [-0.2, 0) is 14.3 Å². The summed E-state index contributed by atoms with van der Waals surface area (Å²) in [5.41, 5.74) is 5.21. The van der Waals surface area contributed by atoms with Gasteiger partial charge in [-0.05, 0) is 62.2 Å². The van der Waals surface area contributed by atoms with Crippen molar-refractivity contribution in [1.29, 1.82) is 0 Å². The van der Waals surface area contributed by atoms with Gasteiger partial charge >= 0.3 is 11.9 Å². The predicted octanol–water partition coefficient (Wildman–Crippen LogP) is 1.32. The molecule has 0 aromatic carbocycles. The number of carbonyl (C=O) groups is 2. The lowest BCUT2D eigenvalue weighted by Crippen LogP contribution is -2.38. The van der Waals surface area contributed by atoms with Gasteiger partial charge in [0.05, 0.1) is 25.8 Å². The molecule has 1 atom stereocenters. The van der Waals surface area contributed by atoms with Crippen molar-refractivity contribution < 1.29 is 24.5 Å². The summed E-state index contributed by atoms with van der Waals surface area (Å²) in [5.74, 6) is 3.18. The van der Waals surface area contributed by atoms with Gasteiger partial charge in [0, 0.05) is 0 Å². The molecule has 176 valence electrons. The standard InChI is InChI=1S/C10H16.C7H9N5O3.C4H6O3/c1-7-2-9-4-8(1)5-10(3-7)6-9;8-7-10-5-4(6(15)11-7)9-2-12(5)1-3(13)14;5-4(6)1-3-2-7-3/h7-10H,1-6H2;9H,1-2H2,(H,13,14)(H3,8,10,11,15);3H,1-2H2,(H,5,6). The number of hydrogen-bond donors (Lipinski definition) is 5. The van der Waals surface area contributed by atoms with E-state index in [0.29, 0.717) is 6.61 Å². The number of aromatic nitrogens is 2. The number of hydrogen-bond acceptors (Lipinski definition) is 8. The minimum atomic E-state index is -0.995. The molecule has 1 aromatic rings. The third kappa shape index (κ3) is 5.70. The van der Waals surface area contributed by atoms with Crippen LogP contribution in [0.4, 0.5) is 17.5 Å². The Labute approximate surface area is 185 Å². The van der Waals surface area contributed by atoms with E-state index in [1.165, 1.54) is 28.6 Å². The van der Waals surface area contributed by atoms with E-state index in [4.69, 9.17) is 15.9 Å². The number of epoxide rings is 1. The number of aliphatic carboxylic acids is 2. The lowest BCUT2D eigenvalue weighted by atomic mass is 9.56. The quantitative estimate of drug-likeness (QED) is 0.422. The third-order valence-electron chi connectivity index (χ3n) is 6.80. The van der Waals surface area contributed by atoms with Crippen molar-refractivity contribution in [3.05, 3.63) is 10.4 Å². The number of carboxylic acids is 2. The number of nitrogens with zero attached hydrogens (tertiary/aromatic N) is 2. The number of ether oxygens (including phenoxy) is 1. The van der Waals surface area contributed by atoms with Crippen molar-refractivity contribution >= 4 is 29.4 Å². The number of anilines is 3. The van der Waals surface area contributed by atoms with Gasteiger partial charge in [0.1, 0.15) is 12.2 Å². The van der Waals surface area contributed by atoms with E-state index in [9.17, 15) is 14.4 Å². The van der Waals surface area contributed by atoms with Crippen molar-refractivity contribution in [1.82, 2.24) is 9.97 Å². The predicted molar refractivity (Wildman–Crippen MR) is 116 cm³/mol. The Bertz CT molecular complexity index is 858. The Kier molecular flexibility index (Phi) is 6.54. The van der Waals surface area contributed by atoms with Crippen LogP contribution in [0.5, 0.6) is 0 Å². The van der Waals surface area contributed by atoms with Crippen LogP contribution in [-0.4, -0.2) is 58.0 Å². The second-order valence-electron chi connectivity index (χ2n) is 9.51. The highest BCUT2D eigenvalue weighted by molar-refractivity contribution is 5.79. The molecule has 1 aromatic heterocycles. The minimum Gasteiger partial charge on any atom is -0.481 e. The monoisotopic (exact) mass is 449 g/mol. The molecular formula is C21H31N5O6. The maximum absolute atomic E-state index is 11.4. The molecule has 11 nitrogen and oxygen atoms in total. The van der Waals surface area contributed by atoms with E-state index in [2.05, 4.69) is 20.0 Å². The van der Waals surface area contributed by atoms with Crippen LogP contribution < -0.4 is 21.5 Å². The summed E-state index contributed by atoms with van der Waals surface area (Å²) in [5, 5.41) is 19.4. The summed E-state index contributed by atoms with van der Waals surface area (Å²) in [6, 6.07) is 0. The first-order valence-electron chi connectivity index (χ1n) is 11.2. The molecule has 3 heterocycles. The molecule has 4 aliphatic carbocycles. The zero-order chi connectivity index (χ0) is 22.8. The Hall–Kier alpha value is -2.82. The summed E-state index contributed by atoms with van der Waals surface area (Å²) in [6.45, 7) is 0.642. The van der Waals surface area contributed by atoms with Gasteiger partial charge in [-0.15, -0.1) is 0 Å². The molecule has 11 heteroatoms. The van der Waals surface area contributed by atoms with Crippen molar-refractivity contribution in [3.63, 3.8) is 0 Å². The maximum Gasteiger partial charge on any atom is 0.323 e. The van der Waals surface area contributed by atoms with Crippen LogP contribution in [0.25, 0.3) is 0 Å². The average Bonchev–Trinajstić information content (AvgIpc) is 3.40. The maximum atomic E-state index is 11.4. The van der Waals surface area contributed by atoms with Gasteiger partial charge in [0.2, 0.25) is 5.95 Å². The summed E-state index contributed by atoms with van der Waals surface area (Å²) in [7, 11) is 0. The molecule has 1 saturated heterocycles. The Morgan fingerprint density at radius 2 is 1.56 bits per heavy atom. The second-order valence-corrected chi connectivity index (χ2v) is 9.51. The molecule has 2 aliphatic heterocycles. The summed E-state index contributed by atoms with van der Waals surface area (Å²) >= 11 is 0. The average molecular weight is 450 g/mol. The van der Waals surface area contributed by atoms with Crippen molar-refractivity contribution in [2.75, 3.05) is 35.8 Å². The molecule has 5 fully saturated rings. The van der Waals surface area contributed by atoms with Gasteiger partial charge in [-0.1, -0.05) is 0 Å². The number of aromatic amines is 1. The van der Waals surface area contributed by atoms with Crippen LogP contribution in [0.15, 0.2) is 4.79 Å². The lowest BCUT2D eigenvalue weighted by Gasteiger charge is -2.49. The van der Waals surface area contributed by atoms with E-state index in [-0.39, 0.29) is 43.2 Å².